The van der Waals surface area contributed by atoms with Gasteiger partial charge in [0.25, 0.3) is 0 Å². The number of aliphatic hydroxyl groups excluding tert-OH is 1. The van der Waals surface area contributed by atoms with E-state index >= 15 is 0 Å². The van der Waals surface area contributed by atoms with Crippen LogP contribution in [0.5, 0.6) is 0 Å². The maximum Gasteiger partial charge on any atom is 0.165 e. The highest BCUT2D eigenvalue weighted by atomic mass is 16.3. The van der Waals surface area contributed by atoms with Gasteiger partial charge in [-0.25, -0.2) is 15.0 Å². The second-order valence-electron chi connectivity index (χ2n) is 3.80. The first-order valence-electron chi connectivity index (χ1n) is 5.03. The normalized spacial score (nSPS) is 23.6. The van der Waals surface area contributed by atoms with Gasteiger partial charge in [-0.2, -0.15) is 0 Å². The van der Waals surface area contributed by atoms with Crippen LogP contribution in [0.2, 0.25) is 0 Å². The Kier molecular flexibility index (Phi) is 1.90. The molecule has 16 heavy (non-hydrogen) atoms. The van der Waals surface area contributed by atoms with Gasteiger partial charge in [-0.3, -0.25) is 0 Å². The number of rotatable bonds is 2. The van der Waals surface area contributed by atoms with Crippen molar-refractivity contribution in [3.05, 3.63) is 24.8 Å². The number of aromatic nitrogens is 4. The summed E-state index contributed by atoms with van der Waals surface area (Å²) in [4.78, 5) is 12.2. The number of nitrogens with zero attached hydrogens (tertiary/aromatic N) is 4. The number of hydrogen-bond acceptors (Lipinski definition) is 5. The second kappa shape index (κ2) is 3.28. The second-order valence-corrected chi connectivity index (χ2v) is 3.80. The van der Waals surface area contributed by atoms with Crippen LogP contribution in [-0.2, 0) is 0 Å². The van der Waals surface area contributed by atoms with Crippen LogP contribution >= 0.6 is 0 Å². The van der Waals surface area contributed by atoms with Gasteiger partial charge in [0.15, 0.2) is 11.5 Å². The molecule has 0 saturated carbocycles. The topological polar surface area (TPSA) is 89.9 Å². The minimum atomic E-state index is 0.115. The molecule has 2 aromatic rings. The number of aliphatic hydroxyl groups is 1. The van der Waals surface area contributed by atoms with Crippen molar-refractivity contribution in [1.29, 1.82) is 0 Å². The van der Waals surface area contributed by atoms with Gasteiger partial charge in [0, 0.05) is 5.92 Å². The number of imidazole rings is 1. The van der Waals surface area contributed by atoms with Gasteiger partial charge < -0.3 is 15.4 Å². The highest BCUT2D eigenvalue weighted by Gasteiger charge is 2.26. The van der Waals surface area contributed by atoms with Crippen LogP contribution in [0.15, 0.2) is 24.8 Å². The fraction of sp³-hybridized carbons (Fsp3) is 0.300. The van der Waals surface area contributed by atoms with Crippen LogP contribution in [-0.4, -0.2) is 31.2 Å². The molecule has 2 heterocycles. The van der Waals surface area contributed by atoms with E-state index in [2.05, 4.69) is 15.0 Å². The molecule has 1 aliphatic rings. The zero-order chi connectivity index (χ0) is 11.1. The van der Waals surface area contributed by atoms with Gasteiger partial charge >= 0.3 is 0 Å². The Morgan fingerprint density at radius 3 is 2.88 bits per heavy atom. The van der Waals surface area contributed by atoms with Gasteiger partial charge in [0.05, 0.1) is 19.0 Å². The van der Waals surface area contributed by atoms with E-state index in [0.29, 0.717) is 17.0 Å². The molecule has 0 fully saturated rings. The van der Waals surface area contributed by atoms with Crippen molar-refractivity contribution in [3.63, 3.8) is 0 Å². The third-order valence-electron chi connectivity index (χ3n) is 2.91. The smallest absolute Gasteiger partial charge is 0.165 e. The lowest BCUT2D eigenvalue weighted by Gasteiger charge is -2.28. The summed E-state index contributed by atoms with van der Waals surface area (Å²) in [6.07, 6.45) is 7.10. The van der Waals surface area contributed by atoms with Crippen molar-refractivity contribution >= 4 is 17.0 Å². The van der Waals surface area contributed by atoms with E-state index in [1.54, 1.807) is 6.33 Å². The summed E-state index contributed by atoms with van der Waals surface area (Å²) in [5, 5.41) is 9.14. The number of anilines is 1. The van der Waals surface area contributed by atoms with E-state index in [4.69, 9.17) is 10.8 Å². The van der Waals surface area contributed by atoms with E-state index in [-0.39, 0.29) is 18.6 Å². The molecule has 0 aliphatic heterocycles. The third kappa shape index (κ3) is 1.13. The molecule has 1 aliphatic carbocycles. The molecule has 0 spiro atoms. The maximum atomic E-state index is 9.14. The molecular weight excluding hydrogens is 206 g/mol. The Labute approximate surface area is 91.5 Å². The summed E-state index contributed by atoms with van der Waals surface area (Å²) in [7, 11) is 0. The Morgan fingerprint density at radius 1 is 1.31 bits per heavy atom. The highest BCUT2D eigenvalue weighted by molar-refractivity contribution is 5.81. The van der Waals surface area contributed by atoms with Gasteiger partial charge in [0.2, 0.25) is 0 Å². The molecule has 0 bridgehead atoms. The highest BCUT2D eigenvalue weighted by Crippen LogP contribution is 2.32. The molecule has 2 aromatic heterocycles. The molecule has 0 aromatic carbocycles. The first-order chi connectivity index (χ1) is 7.81. The average molecular weight is 217 g/mol. The van der Waals surface area contributed by atoms with Crippen molar-refractivity contribution in [2.24, 2.45) is 5.92 Å². The predicted molar refractivity (Wildman–Crippen MR) is 58.5 cm³/mol. The average Bonchev–Trinajstić information content (AvgIpc) is 2.63. The van der Waals surface area contributed by atoms with Crippen molar-refractivity contribution in [2.75, 3.05) is 12.3 Å². The Hall–Kier alpha value is -1.95. The minimum Gasteiger partial charge on any atom is -0.396 e. The SMILES string of the molecule is Nc1ncnc2c1ncn2[C@H]1C=C[C@H]1CO. The standard InChI is InChI=1S/C10H11N5O/c11-9-8-10(13-4-12-9)15(5-14-8)7-2-1-6(7)3-16/h1-2,4-7,16H,3H2,(H2,11,12,13)/t6-,7-/m0/s1. The summed E-state index contributed by atoms with van der Waals surface area (Å²) in [6, 6.07) is 0.115. The zero-order valence-corrected chi connectivity index (χ0v) is 8.48. The van der Waals surface area contributed by atoms with Crippen LogP contribution in [0, 0.1) is 5.92 Å². The molecule has 2 atom stereocenters. The lowest BCUT2D eigenvalue weighted by Crippen LogP contribution is -2.25. The van der Waals surface area contributed by atoms with E-state index < -0.39 is 0 Å². The van der Waals surface area contributed by atoms with Crippen molar-refractivity contribution in [1.82, 2.24) is 19.5 Å². The molecule has 0 saturated heterocycles. The largest absolute Gasteiger partial charge is 0.396 e. The quantitative estimate of drug-likeness (QED) is 0.698. The fourth-order valence-corrected chi connectivity index (χ4v) is 1.92. The summed E-state index contributed by atoms with van der Waals surface area (Å²) in [5.74, 6) is 0.515. The van der Waals surface area contributed by atoms with Crippen molar-refractivity contribution in [3.8, 4) is 0 Å². The monoisotopic (exact) mass is 217 g/mol. The minimum absolute atomic E-state index is 0.115. The Balaban J connectivity index is 2.12. The Bertz CT molecular complexity index is 561. The van der Waals surface area contributed by atoms with Crippen LogP contribution in [0.4, 0.5) is 5.82 Å². The molecule has 0 radical (unpaired) electrons. The van der Waals surface area contributed by atoms with Gasteiger partial charge in [-0.1, -0.05) is 12.2 Å². The number of nitrogens with two attached hydrogens (primary N) is 1. The molecular formula is C10H11N5O. The first-order valence-corrected chi connectivity index (χ1v) is 5.03. The molecule has 6 heteroatoms. The van der Waals surface area contributed by atoms with E-state index in [9.17, 15) is 0 Å². The van der Waals surface area contributed by atoms with Crippen molar-refractivity contribution < 1.29 is 5.11 Å². The summed E-state index contributed by atoms with van der Waals surface area (Å²) < 4.78 is 1.91. The van der Waals surface area contributed by atoms with Crippen LogP contribution in [0.3, 0.4) is 0 Å². The maximum absolute atomic E-state index is 9.14. The van der Waals surface area contributed by atoms with E-state index in [0.717, 1.165) is 0 Å². The van der Waals surface area contributed by atoms with E-state index in [1.807, 2.05) is 16.7 Å². The fourth-order valence-electron chi connectivity index (χ4n) is 1.92. The lowest BCUT2D eigenvalue weighted by atomic mass is 9.89. The Morgan fingerprint density at radius 2 is 2.19 bits per heavy atom. The van der Waals surface area contributed by atoms with Gasteiger partial charge in [0.1, 0.15) is 11.8 Å². The van der Waals surface area contributed by atoms with Crippen LogP contribution in [0.25, 0.3) is 11.2 Å². The molecule has 3 rings (SSSR count). The van der Waals surface area contributed by atoms with Gasteiger partial charge in [-0.05, 0) is 0 Å². The molecule has 0 unspecified atom stereocenters. The summed E-state index contributed by atoms with van der Waals surface area (Å²) >= 11 is 0. The van der Waals surface area contributed by atoms with Crippen LogP contribution in [0.1, 0.15) is 6.04 Å². The molecule has 6 nitrogen and oxygen atoms in total. The van der Waals surface area contributed by atoms with Crippen LogP contribution < -0.4 is 5.73 Å². The van der Waals surface area contributed by atoms with Crippen molar-refractivity contribution in [2.45, 2.75) is 6.04 Å². The van der Waals surface area contributed by atoms with E-state index in [1.165, 1.54) is 6.33 Å². The predicted octanol–water partition coefficient (Wildman–Crippen LogP) is 0.128. The van der Waals surface area contributed by atoms with Gasteiger partial charge in [-0.15, -0.1) is 0 Å². The lowest BCUT2D eigenvalue weighted by molar-refractivity contribution is 0.212. The number of allylic oxidation sites excluding steroid dienone is 1. The summed E-state index contributed by atoms with van der Waals surface area (Å²) in [6.45, 7) is 0.126. The molecule has 82 valence electrons. The first kappa shape index (κ1) is 9.29. The molecule has 3 N–H and O–H groups in total. The number of fused-ring (bicyclic) bond motifs is 1. The number of hydrogen-bond donors (Lipinski definition) is 2. The zero-order valence-electron chi connectivity index (χ0n) is 8.48. The number of nitrogen functional groups attached to an aromatic ring is 1. The summed E-state index contributed by atoms with van der Waals surface area (Å²) in [5.41, 5.74) is 7.02. The molecule has 0 amide bonds. The third-order valence-corrected chi connectivity index (χ3v) is 2.91.